The molecule has 1 rings (SSSR count). The number of hydrogen-bond acceptors (Lipinski definition) is 1. The lowest BCUT2D eigenvalue weighted by molar-refractivity contribution is -0.388. The van der Waals surface area contributed by atoms with E-state index in [1.807, 2.05) is 0 Å². The van der Waals surface area contributed by atoms with Crippen molar-refractivity contribution in [2.45, 2.75) is 30.9 Å². The number of carbonyl (C=O) groups excluding carboxylic acids is 1. The molecular formula is C12H7ClF9NO. The zero-order valence-electron chi connectivity index (χ0n) is 11.4. The van der Waals surface area contributed by atoms with Crippen LogP contribution < -0.4 is 5.32 Å². The maximum Gasteiger partial charge on any atom is 0.460 e. The number of rotatable bonds is 4. The maximum atomic E-state index is 13.4. The Bertz CT molecular complexity index is 642. The second kappa shape index (κ2) is 6.01. The van der Waals surface area contributed by atoms with E-state index in [2.05, 4.69) is 0 Å². The third-order valence-electron chi connectivity index (χ3n) is 2.88. The largest absolute Gasteiger partial charge is 0.460 e. The molecule has 0 heterocycles. The quantitative estimate of drug-likeness (QED) is 0.719. The minimum atomic E-state index is -7.13. The smallest absolute Gasteiger partial charge is 0.320 e. The number of carbonyl (C=O) groups is 1. The summed E-state index contributed by atoms with van der Waals surface area (Å²) < 4.78 is 114. The van der Waals surface area contributed by atoms with Crippen LogP contribution in [0.1, 0.15) is 5.56 Å². The van der Waals surface area contributed by atoms with E-state index in [0.29, 0.717) is 0 Å². The maximum absolute atomic E-state index is 13.4. The van der Waals surface area contributed by atoms with Gasteiger partial charge < -0.3 is 5.32 Å². The Balaban J connectivity index is 3.23. The van der Waals surface area contributed by atoms with Crippen LogP contribution in [0.4, 0.5) is 45.2 Å². The molecular weight excluding hydrogens is 381 g/mol. The van der Waals surface area contributed by atoms with Crippen LogP contribution in [-0.4, -0.2) is 29.9 Å². The third-order valence-corrected chi connectivity index (χ3v) is 3.11. The number of anilines is 1. The van der Waals surface area contributed by atoms with Gasteiger partial charge in [0.25, 0.3) is 0 Å². The summed E-state index contributed by atoms with van der Waals surface area (Å²) in [5, 5.41) is 1.03. The van der Waals surface area contributed by atoms with Crippen molar-refractivity contribution in [2.75, 3.05) is 5.32 Å². The number of hydrogen-bond donors (Lipinski definition) is 1. The van der Waals surface area contributed by atoms with E-state index in [1.54, 1.807) is 0 Å². The molecule has 0 aliphatic heterocycles. The molecule has 24 heavy (non-hydrogen) atoms. The highest BCUT2D eigenvalue weighted by Crippen LogP contribution is 2.53. The highest BCUT2D eigenvalue weighted by Gasteiger charge is 2.83. The lowest BCUT2D eigenvalue weighted by Crippen LogP contribution is -2.64. The van der Waals surface area contributed by atoms with E-state index < -0.39 is 35.5 Å². The van der Waals surface area contributed by atoms with E-state index >= 15 is 0 Å². The number of amides is 1. The van der Waals surface area contributed by atoms with Gasteiger partial charge in [0.1, 0.15) is 0 Å². The van der Waals surface area contributed by atoms with Crippen LogP contribution in [-0.2, 0) is 4.79 Å². The normalized spacial score (nSPS) is 13.8. The van der Waals surface area contributed by atoms with E-state index in [1.165, 1.54) is 24.4 Å². The molecule has 0 radical (unpaired) electrons. The average Bonchev–Trinajstić information content (AvgIpc) is 2.41. The van der Waals surface area contributed by atoms with E-state index in [9.17, 15) is 44.3 Å². The van der Waals surface area contributed by atoms with Crippen LogP contribution in [0.25, 0.3) is 0 Å². The van der Waals surface area contributed by atoms with Gasteiger partial charge in [0.15, 0.2) is 0 Å². The van der Waals surface area contributed by atoms with Gasteiger partial charge in [-0.2, -0.15) is 39.5 Å². The molecule has 1 aromatic carbocycles. The Morgan fingerprint density at radius 2 is 1.46 bits per heavy atom. The molecule has 0 spiro atoms. The molecule has 0 unspecified atom stereocenters. The standard InChI is InChI=1S/C12H7ClF9NO/c1-5-2-3-6(13)4-7(5)23-8(24)9(14,15)10(16,17)11(18,19)12(20,21)22/h2-4H,1H3,(H,23,24). The summed E-state index contributed by atoms with van der Waals surface area (Å²) in [5.74, 6) is -23.6. The topological polar surface area (TPSA) is 29.1 Å². The van der Waals surface area contributed by atoms with Gasteiger partial charge in [0.2, 0.25) is 0 Å². The molecule has 0 atom stereocenters. The molecule has 1 aromatic rings. The van der Waals surface area contributed by atoms with Crippen molar-refractivity contribution < 1.29 is 44.3 Å². The van der Waals surface area contributed by atoms with Crippen molar-refractivity contribution in [2.24, 2.45) is 0 Å². The predicted molar refractivity (Wildman–Crippen MR) is 65.7 cm³/mol. The highest BCUT2D eigenvalue weighted by molar-refractivity contribution is 6.31. The lowest BCUT2D eigenvalue weighted by atomic mass is 10.0. The minimum Gasteiger partial charge on any atom is -0.320 e. The minimum absolute atomic E-state index is 0.0226. The molecule has 0 fully saturated rings. The fraction of sp³-hybridized carbons (Fsp3) is 0.417. The molecule has 0 aliphatic rings. The zero-order chi connectivity index (χ0) is 19.1. The predicted octanol–water partition coefficient (Wildman–Crippen LogP) is 5.06. The highest BCUT2D eigenvalue weighted by atomic mass is 35.5. The monoisotopic (exact) mass is 387 g/mol. The SMILES string of the molecule is Cc1ccc(Cl)cc1NC(=O)C(F)(F)C(F)(F)C(F)(F)C(F)(F)F. The Morgan fingerprint density at radius 1 is 0.958 bits per heavy atom. The van der Waals surface area contributed by atoms with Crippen molar-refractivity contribution in [3.63, 3.8) is 0 Å². The van der Waals surface area contributed by atoms with E-state index in [4.69, 9.17) is 11.6 Å². The summed E-state index contributed by atoms with van der Waals surface area (Å²) in [7, 11) is 0. The van der Waals surface area contributed by atoms with Crippen LogP contribution >= 0.6 is 11.6 Å². The van der Waals surface area contributed by atoms with Crippen molar-refractivity contribution in [1.29, 1.82) is 0 Å². The summed E-state index contributed by atoms with van der Waals surface area (Å²) in [6, 6.07) is 3.22. The molecule has 1 N–H and O–H groups in total. The van der Waals surface area contributed by atoms with Gasteiger partial charge in [-0.15, -0.1) is 0 Å². The summed E-state index contributed by atoms with van der Waals surface area (Å²) in [6.07, 6.45) is -6.99. The molecule has 0 bridgehead atoms. The number of nitrogens with one attached hydrogen (secondary N) is 1. The second-order valence-corrected chi connectivity index (χ2v) is 5.07. The van der Waals surface area contributed by atoms with Crippen LogP contribution in [0.5, 0.6) is 0 Å². The van der Waals surface area contributed by atoms with Crippen LogP contribution in [0.15, 0.2) is 18.2 Å². The molecule has 0 saturated heterocycles. The molecule has 2 nitrogen and oxygen atoms in total. The first kappa shape index (κ1) is 20.4. The fourth-order valence-electron chi connectivity index (χ4n) is 1.45. The van der Waals surface area contributed by atoms with Crippen molar-refractivity contribution in [3.8, 4) is 0 Å². The Kier molecular flexibility index (Phi) is 5.11. The first-order chi connectivity index (χ1) is 10.6. The van der Waals surface area contributed by atoms with Gasteiger partial charge in [-0.1, -0.05) is 17.7 Å². The van der Waals surface area contributed by atoms with Crippen LogP contribution in [0, 0.1) is 6.92 Å². The van der Waals surface area contributed by atoms with Crippen LogP contribution in [0.2, 0.25) is 5.02 Å². The Morgan fingerprint density at radius 3 is 1.92 bits per heavy atom. The van der Waals surface area contributed by atoms with Gasteiger partial charge >= 0.3 is 29.9 Å². The summed E-state index contributed by atoms with van der Waals surface area (Å²) in [6.45, 7) is 1.21. The third kappa shape index (κ3) is 3.26. The Labute approximate surface area is 133 Å². The molecule has 0 saturated carbocycles. The number of aryl methyl sites for hydroxylation is 1. The van der Waals surface area contributed by atoms with Gasteiger partial charge in [-0.3, -0.25) is 4.79 Å². The van der Waals surface area contributed by atoms with Gasteiger partial charge in [0.05, 0.1) is 0 Å². The first-order valence-electron chi connectivity index (χ1n) is 5.83. The van der Waals surface area contributed by atoms with Gasteiger partial charge in [-0.25, -0.2) is 0 Å². The first-order valence-corrected chi connectivity index (χ1v) is 6.21. The number of halogens is 10. The molecule has 0 aromatic heterocycles. The van der Waals surface area contributed by atoms with Crippen molar-refractivity contribution in [3.05, 3.63) is 28.8 Å². The second-order valence-electron chi connectivity index (χ2n) is 4.63. The molecule has 136 valence electrons. The van der Waals surface area contributed by atoms with E-state index in [-0.39, 0.29) is 10.6 Å². The number of alkyl halides is 9. The fourth-order valence-corrected chi connectivity index (χ4v) is 1.62. The van der Waals surface area contributed by atoms with Crippen molar-refractivity contribution in [1.82, 2.24) is 0 Å². The number of benzene rings is 1. The molecule has 1 amide bonds. The average molecular weight is 388 g/mol. The lowest BCUT2D eigenvalue weighted by Gasteiger charge is -2.32. The molecule has 0 aliphatic carbocycles. The van der Waals surface area contributed by atoms with Gasteiger partial charge in [0, 0.05) is 10.7 Å². The van der Waals surface area contributed by atoms with Crippen molar-refractivity contribution >= 4 is 23.2 Å². The van der Waals surface area contributed by atoms with Crippen LogP contribution in [0.3, 0.4) is 0 Å². The summed E-state index contributed by atoms with van der Waals surface area (Å²) >= 11 is 5.48. The molecule has 12 heteroatoms. The van der Waals surface area contributed by atoms with Gasteiger partial charge in [-0.05, 0) is 24.6 Å². The Hall–Kier alpha value is -1.65. The zero-order valence-corrected chi connectivity index (χ0v) is 12.2. The van der Waals surface area contributed by atoms with E-state index in [0.717, 1.165) is 6.07 Å². The summed E-state index contributed by atoms with van der Waals surface area (Å²) in [5.41, 5.74) is -0.534. The summed E-state index contributed by atoms with van der Waals surface area (Å²) in [4.78, 5) is 11.2.